The second-order valence-corrected chi connectivity index (χ2v) is 4.76. The van der Waals surface area contributed by atoms with E-state index in [4.69, 9.17) is 0 Å². The summed E-state index contributed by atoms with van der Waals surface area (Å²) < 4.78 is 14.7. The molecular weight excluding hydrogens is 242 g/mol. The summed E-state index contributed by atoms with van der Waals surface area (Å²) in [5, 5.41) is 11.1. The largest absolute Gasteiger partial charge is 1.00 e. The molecule has 0 N–H and O–H groups in total. The van der Waals surface area contributed by atoms with Crippen LogP contribution < -0.4 is 24.0 Å². The van der Waals surface area contributed by atoms with E-state index in [1.54, 1.807) is 10.6 Å². The van der Waals surface area contributed by atoms with Gasteiger partial charge in [-0.2, -0.15) is 0 Å². The number of imidazole rings is 1. The summed E-state index contributed by atoms with van der Waals surface area (Å²) in [6.07, 6.45) is 3.40. The van der Waals surface area contributed by atoms with E-state index in [9.17, 15) is 14.3 Å². The number of carbonyl (C=O) groups excluding carboxylic acids is 1. The Balaban J connectivity index is 0.00000133. The van der Waals surface area contributed by atoms with Gasteiger partial charge in [0.25, 0.3) is 0 Å². The van der Waals surface area contributed by atoms with Crippen LogP contribution in [0.1, 0.15) is 29.9 Å². The molecule has 0 atom stereocenters. The number of carbonyl (C=O) groups is 1. The molecule has 0 radical (unpaired) electrons. The first-order valence-corrected chi connectivity index (χ1v) is 6.02. The third kappa shape index (κ3) is 2.53. The molecule has 0 saturated heterocycles. The van der Waals surface area contributed by atoms with Crippen LogP contribution in [0.25, 0.3) is 11.0 Å². The summed E-state index contributed by atoms with van der Waals surface area (Å²) in [6.45, 7) is 0.617. The third-order valence-electron chi connectivity index (χ3n) is 3.56. The Bertz CT molecular complexity index is 622. The number of nitrogens with zero attached hydrogens (tertiary/aromatic N) is 2. The minimum Gasteiger partial charge on any atom is -0.542 e. The number of benzene rings is 1. The average Bonchev–Trinajstić information content (AvgIpc) is 2.61. The van der Waals surface area contributed by atoms with Gasteiger partial charge in [-0.05, 0) is 30.9 Å². The zero-order chi connectivity index (χ0) is 12.7. The van der Waals surface area contributed by atoms with E-state index in [1.807, 2.05) is 0 Å². The maximum absolute atomic E-state index is 13.1. The molecule has 1 saturated carbocycles. The van der Waals surface area contributed by atoms with E-state index >= 15 is 0 Å². The number of aromatic carboxylic acids is 1. The van der Waals surface area contributed by atoms with Crippen LogP contribution in [0.5, 0.6) is 0 Å². The number of hydrogen-bond acceptors (Lipinski definition) is 3. The van der Waals surface area contributed by atoms with Crippen LogP contribution in [-0.2, 0) is 6.54 Å². The standard InChI is InChI=1S/C13H13FN2O2.Li/c14-9-4-5-11-10(6-9)15-12(13(17)18)16(11)7-8-2-1-3-8;/h4-6,8H,1-3,7H2,(H,17,18);/q;+1/p-1. The van der Waals surface area contributed by atoms with Gasteiger partial charge < -0.3 is 14.5 Å². The second-order valence-electron chi connectivity index (χ2n) is 4.76. The van der Waals surface area contributed by atoms with Gasteiger partial charge in [0.15, 0.2) is 5.82 Å². The molecule has 94 valence electrons. The molecule has 1 fully saturated rings. The van der Waals surface area contributed by atoms with Gasteiger partial charge in [-0.15, -0.1) is 0 Å². The Morgan fingerprint density at radius 1 is 1.47 bits per heavy atom. The van der Waals surface area contributed by atoms with Gasteiger partial charge in [-0.1, -0.05) is 6.42 Å². The number of hydrogen-bond donors (Lipinski definition) is 0. The first-order chi connectivity index (χ1) is 8.65. The fraction of sp³-hybridized carbons (Fsp3) is 0.385. The van der Waals surface area contributed by atoms with Crippen molar-refractivity contribution in [3.05, 3.63) is 29.8 Å². The fourth-order valence-electron chi connectivity index (χ4n) is 2.38. The van der Waals surface area contributed by atoms with Crippen LogP contribution in [0.3, 0.4) is 0 Å². The van der Waals surface area contributed by atoms with E-state index in [1.165, 1.54) is 18.6 Å². The van der Waals surface area contributed by atoms with Crippen LogP contribution in [0, 0.1) is 11.7 Å². The van der Waals surface area contributed by atoms with E-state index in [2.05, 4.69) is 4.98 Å². The molecule has 3 rings (SSSR count). The van der Waals surface area contributed by atoms with Gasteiger partial charge in [0.05, 0.1) is 11.0 Å². The molecule has 1 aromatic carbocycles. The third-order valence-corrected chi connectivity index (χ3v) is 3.56. The topological polar surface area (TPSA) is 57.9 Å². The molecule has 1 aliphatic carbocycles. The molecule has 0 aliphatic heterocycles. The minimum atomic E-state index is -1.31. The Morgan fingerprint density at radius 2 is 2.21 bits per heavy atom. The molecule has 0 amide bonds. The van der Waals surface area contributed by atoms with E-state index in [-0.39, 0.29) is 24.7 Å². The van der Waals surface area contributed by atoms with Crippen molar-refractivity contribution >= 4 is 17.0 Å². The van der Waals surface area contributed by atoms with Gasteiger partial charge >= 0.3 is 18.9 Å². The molecule has 4 nitrogen and oxygen atoms in total. The van der Waals surface area contributed by atoms with Crippen LogP contribution >= 0.6 is 0 Å². The van der Waals surface area contributed by atoms with Crippen molar-refractivity contribution in [2.75, 3.05) is 0 Å². The zero-order valence-electron chi connectivity index (χ0n) is 10.7. The van der Waals surface area contributed by atoms with Crippen molar-refractivity contribution in [1.29, 1.82) is 0 Å². The van der Waals surface area contributed by atoms with Crippen LogP contribution in [0.15, 0.2) is 18.2 Å². The van der Waals surface area contributed by atoms with E-state index < -0.39 is 11.8 Å². The number of aromatic nitrogens is 2. The van der Waals surface area contributed by atoms with Crippen molar-refractivity contribution in [3.8, 4) is 0 Å². The van der Waals surface area contributed by atoms with Crippen molar-refractivity contribution in [2.24, 2.45) is 5.92 Å². The van der Waals surface area contributed by atoms with Crippen molar-refractivity contribution in [2.45, 2.75) is 25.8 Å². The number of halogens is 1. The average molecular weight is 254 g/mol. The van der Waals surface area contributed by atoms with Crippen molar-refractivity contribution < 1.29 is 33.2 Å². The Kier molecular flexibility index (Phi) is 3.98. The SMILES string of the molecule is O=C([O-])c1nc2cc(F)ccc2n1CC1CCC1.[Li+]. The van der Waals surface area contributed by atoms with E-state index in [0.29, 0.717) is 23.5 Å². The Morgan fingerprint density at radius 3 is 2.79 bits per heavy atom. The number of rotatable bonds is 3. The normalized spacial score (nSPS) is 15.0. The van der Waals surface area contributed by atoms with Crippen molar-refractivity contribution in [1.82, 2.24) is 9.55 Å². The smallest absolute Gasteiger partial charge is 0.542 e. The monoisotopic (exact) mass is 254 g/mol. The summed E-state index contributed by atoms with van der Waals surface area (Å²) in [4.78, 5) is 15.0. The van der Waals surface area contributed by atoms with Gasteiger partial charge in [0.1, 0.15) is 11.8 Å². The van der Waals surface area contributed by atoms with Crippen LogP contribution in [-0.4, -0.2) is 15.5 Å². The predicted molar refractivity (Wildman–Crippen MR) is 61.4 cm³/mol. The quantitative estimate of drug-likeness (QED) is 0.616. The number of carboxylic acids is 1. The molecule has 2 aromatic rings. The summed E-state index contributed by atoms with van der Waals surface area (Å²) in [6, 6.07) is 4.14. The summed E-state index contributed by atoms with van der Waals surface area (Å²) >= 11 is 0. The number of fused-ring (bicyclic) bond motifs is 1. The zero-order valence-corrected chi connectivity index (χ0v) is 10.7. The maximum atomic E-state index is 13.1. The molecule has 19 heavy (non-hydrogen) atoms. The summed E-state index contributed by atoms with van der Waals surface area (Å²) in [5.74, 6) is -1.35. The van der Waals surface area contributed by atoms with Gasteiger partial charge in [-0.25, -0.2) is 9.37 Å². The molecule has 1 aliphatic rings. The Hall–Kier alpha value is -1.31. The number of carboxylic acid groups (broad SMARTS) is 1. The first-order valence-electron chi connectivity index (χ1n) is 6.02. The van der Waals surface area contributed by atoms with E-state index in [0.717, 1.165) is 12.8 Å². The molecule has 0 spiro atoms. The van der Waals surface area contributed by atoms with Gasteiger partial charge in [0.2, 0.25) is 0 Å². The second kappa shape index (κ2) is 5.36. The Labute approximate surface area is 121 Å². The van der Waals surface area contributed by atoms with Gasteiger partial charge in [-0.3, -0.25) is 0 Å². The molecule has 0 unspecified atom stereocenters. The molecule has 1 aromatic heterocycles. The maximum Gasteiger partial charge on any atom is 1.00 e. The predicted octanol–water partition coefficient (Wildman–Crippen LogP) is -1.66. The fourth-order valence-corrected chi connectivity index (χ4v) is 2.38. The van der Waals surface area contributed by atoms with Crippen LogP contribution in [0.2, 0.25) is 0 Å². The van der Waals surface area contributed by atoms with Gasteiger partial charge in [0, 0.05) is 12.6 Å². The summed E-state index contributed by atoms with van der Waals surface area (Å²) in [5.41, 5.74) is 1.02. The van der Waals surface area contributed by atoms with Crippen LogP contribution in [0.4, 0.5) is 4.39 Å². The molecule has 0 bridgehead atoms. The molecule has 1 heterocycles. The molecular formula is C13H12FLiN2O2. The molecule has 6 heteroatoms. The minimum absolute atomic E-state index is 0. The van der Waals surface area contributed by atoms with Crippen molar-refractivity contribution in [3.63, 3.8) is 0 Å². The summed E-state index contributed by atoms with van der Waals surface area (Å²) in [7, 11) is 0. The first kappa shape index (κ1) is 14.1.